The number of halogens is 3. The van der Waals surface area contributed by atoms with Gasteiger partial charge in [-0.25, -0.2) is 14.8 Å². The summed E-state index contributed by atoms with van der Waals surface area (Å²) in [4.78, 5) is 34.1. The van der Waals surface area contributed by atoms with E-state index in [1.807, 2.05) is 11.0 Å². The Morgan fingerprint density at radius 3 is 2.32 bits per heavy atom. The number of carboxylic acid groups (broad SMARTS) is 1. The summed E-state index contributed by atoms with van der Waals surface area (Å²) in [6.07, 6.45) is 1.79. The monoisotopic (exact) mass is 399 g/mol. The van der Waals surface area contributed by atoms with Crippen molar-refractivity contribution >= 4 is 17.8 Å². The van der Waals surface area contributed by atoms with Crippen molar-refractivity contribution in [2.75, 3.05) is 18.0 Å². The van der Waals surface area contributed by atoms with E-state index in [0.717, 1.165) is 31.9 Å². The highest BCUT2D eigenvalue weighted by atomic mass is 19.4. The Bertz CT molecular complexity index is 815. The van der Waals surface area contributed by atoms with Gasteiger partial charge in [0.2, 0.25) is 11.7 Å². The number of aromatic nitrogens is 3. The second-order valence-corrected chi connectivity index (χ2v) is 6.13. The zero-order chi connectivity index (χ0) is 20.3. The van der Waals surface area contributed by atoms with Crippen molar-refractivity contribution in [3.8, 4) is 0 Å². The highest BCUT2D eigenvalue weighted by Gasteiger charge is 2.46. The lowest BCUT2D eigenvalue weighted by atomic mass is 10.1. The number of likely N-dealkylation sites (tertiary alicyclic amines) is 1. The molecule has 2 fully saturated rings. The Kier molecular flexibility index (Phi) is 5.47. The van der Waals surface area contributed by atoms with Crippen molar-refractivity contribution in [2.24, 2.45) is 0 Å². The van der Waals surface area contributed by atoms with Crippen LogP contribution in [0.3, 0.4) is 0 Å². The van der Waals surface area contributed by atoms with Gasteiger partial charge in [-0.2, -0.15) is 13.2 Å². The minimum absolute atomic E-state index is 0.0733. The summed E-state index contributed by atoms with van der Waals surface area (Å²) < 4.78 is 36.7. The molecule has 28 heavy (non-hydrogen) atoms. The van der Waals surface area contributed by atoms with Crippen molar-refractivity contribution in [3.05, 3.63) is 36.5 Å². The molecule has 0 spiro atoms. The lowest BCUT2D eigenvalue weighted by molar-refractivity contribution is -0.192. The maximum absolute atomic E-state index is 12.4. The van der Waals surface area contributed by atoms with Gasteiger partial charge < -0.3 is 19.4 Å². The van der Waals surface area contributed by atoms with E-state index >= 15 is 0 Å². The average molecular weight is 399 g/mol. The molecule has 9 nitrogen and oxygen atoms in total. The van der Waals surface area contributed by atoms with Crippen LogP contribution in [0.15, 0.2) is 35.2 Å². The molecule has 0 radical (unpaired) electrons. The van der Waals surface area contributed by atoms with Gasteiger partial charge in [0, 0.05) is 31.5 Å². The molecule has 0 bridgehead atoms. The number of nitrogens with zero attached hydrogens (tertiary/aromatic N) is 5. The van der Waals surface area contributed by atoms with Crippen LogP contribution in [0.4, 0.5) is 19.1 Å². The molecule has 0 unspecified atom stereocenters. The summed E-state index contributed by atoms with van der Waals surface area (Å²) in [6.45, 7) is 1.61. The Morgan fingerprint density at radius 1 is 1.11 bits per heavy atom. The van der Waals surface area contributed by atoms with E-state index in [2.05, 4.69) is 20.0 Å². The standard InChI is InChI=1S/C14H15N5O2.C2HF3O2/c20-13(12-2-7-17-21-12)18-8-3-11-10(18)4-9-19(11)14-15-5-1-6-16-14;3-2(4,5)1(6)7/h1-2,5-7,10-11H,3-4,8-9H2;(H,6,7)/t10-,11+;/m1./s1. The molecule has 0 saturated carbocycles. The van der Waals surface area contributed by atoms with Crippen LogP contribution in [0.2, 0.25) is 0 Å². The summed E-state index contributed by atoms with van der Waals surface area (Å²) >= 11 is 0. The number of rotatable bonds is 2. The first kappa shape index (κ1) is 19.6. The van der Waals surface area contributed by atoms with Crippen molar-refractivity contribution in [1.29, 1.82) is 0 Å². The van der Waals surface area contributed by atoms with Gasteiger partial charge in [-0.3, -0.25) is 4.79 Å². The van der Waals surface area contributed by atoms with Crippen molar-refractivity contribution < 1.29 is 32.4 Å². The number of amides is 1. The maximum atomic E-state index is 12.4. The number of hydrogen-bond donors (Lipinski definition) is 1. The van der Waals surface area contributed by atoms with Crippen LogP contribution in [0.1, 0.15) is 23.4 Å². The Balaban J connectivity index is 0.000000279. The predicted molar refractivity (Wildman–Crippen MR) is 87.4 cm³/mol. The Labute approximate surface area is 156 Å². The molecule has 0 aliphatic carbocycles. The number of carbonyl (C=O) groups excluding carboxylic acids is 1. The SMILES string of the molecule is O=C(O)C(F)(F)F.O=C(c1ccno1)N1CC[C@H]2[C@H]1CCN2c1ncccn1. The van der Waals surface area contributed by atoms with Gasteiger partial charge in [0.05, 0.1) is 18.3 Å². The van der Waals surface area contributed by atoms with Gasteiger partial charge in [0.15, 0.2) is 0 Å². The van der Waals surface area contributed by atoms with Crippen LogP contribution >= 0.6 is 0 Å². The molecule has 2 saturated heterocycles. The molecule has 1 amide bonds. The van der Waals surface area contributed by atoms with Crippen LogP contribution in [0.5, 0.6) is 0 Å². The number of hydrogen-bond acceptors (Lipinski definition) is 7. The van der Waals surface area contributed by atoms with Gasteiger partial charge in [-0.1, -0.05) is 5.16 Å². The fourth-order valence-corrected chi connectivity index (χ4v) is 3.39. The van der Waals surface area contributed by atoms with E-state index < -0.39 is 12.1 Å². The lowest BCUT2D eigenvalue weighted by Crippen LogP contribution is -2.40. The van der Waals surface area contributed by atoms with Crippen LogP contribution in [-0.4, -0.2) is 68.4 Å². The number of alkyl halides is 3. The second-order valence-electron chi connectivity index (χ2n) is 6.13. The van der Waals surface area contributed by atoms with Crippen molar-refractivity contribution in [1.82, 2.24) is 20.0 Å². The van der Waals surface area contributed by atoms with Crippen LogP contribution < -0.4 is 4.90 Å². The first-order chi connectivity index (χ1) is 13.3. The highest BCUT2D eigenvalue weighted by molar-refractivity contribution is 5.92. The van der Waals surface area contributed by atoms with Crippen LogP contribution in [0.25, 0.3) is 0 Å². The quantitative estimate of drug-likeness (QED) is 0.810. The van der Waals surface area contributed by atoms with Gasteiger partial charge in [0.1, 0.15) is 0 Å². The summed E-state index contributed by atoms with van der Waals surface area (Å²) in [6, 6.07) is 3.92. The molecule has 2 atom stereocenters. The molecule has 1 N–H and O–H groups in total. The van der Waals surface area contributed by atoms with Crippen LogP contribution in [0, 0.1) is 0 Å². The molecule has 4 rings (SSSR count). The fraction of sp³-hybridized carbons (Fsp3) is 0.438. The van der Waals surface area contributed by atoms with E-state index in [1.165, 1.54) is 6.20 Å². The molecule has 12 heteroatoms. The smallest absolute Gasteiger partial charge is 0.475 e. The van der Waals surface area contributed by atoms with E-state index in [4.69, 9.17) is 14.4 Å². The molecule has 2 aromatic heterocycles. The molecular formula is C16H16F3N5O4. The molecule has 2 aliphatic rings. The van der Waals surface area contributed by atoms with Gasteiger partial charge >= 0.3 is 12.1 Å². The molecule has 2 aliphatic heterocycles. The number of aliphatic carboxylic acids is 1. The fourth-order valence-electron chi connectivity index (χ4n) is 3.39. The number of anilines is 1. The normalized spacial score (nSPS) is 21.1. The minimum Gasteiger partial charge on any atom is -0.475 e. The van der Waals surface area contributed by atoms with Gasteiger partial charge in [-0.05, 0) is 18.9 Å². The zero-order valence-electron chi connectivity index (χ0n) is 14.4. The lowest BCUT2D eigenvalue weighted by Gasteiger charge is -2.24. The average Bonchev–Trinajstić information content (AvgIpc) is 3.39. The first-order valence-electron chi connectivity index (χ1n) is 8.34. The second kappa shape index (κ2) is 7.82. The minimum atomic E-state index is -5.08. The summed E-state index contributed by atoms with van der Waals surface area (Å²) in [7, 11) is 0. The van der Waals surface area contributed by atoms with E-state index in [-0.39, 0.29) is 11.9 Å². The van der Waals surface area contributed by atoms with Crippen molar-refractivity contribution in [3.63, 3.8) is 0 Å². The third-order valence-electron chi connectivity index (χ3n) is 4.54. The number of fused-ring (bicyclic) bond motifs is 1. The molecule has 0 aromatic carbocycles. The largest absolute Gasteiger partial charge is 0.490 e. The summed E-state index contributed by atoms with van der Waals surface area (Å²) in [5, 5.41) is 10.7. The Hall–Kier alpha value is -3.18. The molecular weight excluding hydrogens is 383 g/mol. The van der Waals surface area contributed by atoms with Crippen LogP contribution in [-0.2, 0) is 4.79 Å². The molecule has 4 heterocycles. The van der Waals surface area contributed by atoms with E-state index in [1.54, 1.807) is 18.5 Å². The summed E-state index contributed by atoms with van der Waals surface area (Å²) in [5.41, 5.74) is 0. The summed E-state index contributed by atoms with van der Waals surface area (Å²) in [5.74, 6) is -1.77. The highest BCUT2D eigenvalue weighted by Crippen LogP contribution is 2.34. The molecule has 2 aromatic rings. The third kappa shape index (κ3) is 4.05. The number of carboxylic acids is 1. The predicted octanol–water partition coefficient (Wildman–Crippen LogP) is 1.59. The molecule has 150 valence electrons. The topological polar surface area (TPSA) is 113 Å². The van der Waals surface area contributed by atoms with E-state index in [0.29, 0.717) is 11.8 Å². The Morgan fingerprint density at radius 2 is 1.75 bits per heavy atom. The maximum Gasteiger partial charge on any atom is 0.490 e. The first-order valence-corrected chi connectivity index (χ1v) is 8.34. The number of carbonyl (C=O) groups is 2. The van der Waals surface area contributed by atoms with Gasteiger partial charge in [0.25, 0.3) is 5.91 Å². The van der Waals surface area contributed by atoms with E-state index in [9.17, 15) is 18.0 Å². The van der Waals surface area contributed by atoms with Crippen molar-refractivity contribution in [2.45, 2.75) is 31.1 Å². The zero-order valence-corrected chi connectivity index (χ0v) is 14.4. The third-order valence-corrected chi connectivity index (χ3v) is 4.54. The van der Waals surface area contributed by atoms with Gasteiger partial charge in [-0.15, -0.1) is 0 Å².